The highest BCUT2D eigenvalue weighted by atomic mass is 16.5. The predicted molar refractivity (Wildman–Crippen MR) is 87.9 cm³/mol. The largest absolute Gasteiger partial charge is 0.490 e. The minimum absolute atomic E-state index is 0.0464. The fourth-order valence-corrected chi connectivity index (χ4v) is 2.28. The van der Waals surface area contributed by atoms with E-state index in [1.165, 1.54) is 0 Å². The maximum atomic E-state index is 12.6. The third-order valence-electron chi connectivity index (χ3n) is 3.19. The Hall–Kier alpha value is -2.89. The monoisotopic (exact) mass is 310 g/mol. The van der Waals surface area contributed by atoms with Gasteiger partial charge in [0.2, 0.25) is 0 Å². The summed E-state index contributed by atoms with van der Waals surface area (Å²) in [7, 11) is 0. The van der Waals surface area contributed by atoms with Crippen LogP contribution in [0.2, 0.25) is 0 Å². The number of pyridine rings is 2. The molecule has 0 saturated carbocycles. The highest BCUT2D eigenvalue weighted by Crippen LogP contribution is 2.23. The van der Waals surface area contributed by atoms with Crippen LogP contribution in [0.3, 0.4) is 0 Å². The lowest BCUT2D eigenvalue weighted by atomic mass is 10.2. The van der Waals surface area contributed by atoms with Crippen LogP contribution in [0.1, 0.15) is 29.9 Å². The lowest BCUT2D eigenvalue weighted by molar-refractivity contribution is 0.102. The molecular weight excluding hydrogens is 292 g/mol. The number of amides is 1. The zero-order chi connectivity index (χ0) is 16.4. The van der Waals surface area contributed by atoms with Crippen LogP contribution in [0.15, 0.2) is 42.9 Å². The van der Waals surface area contributed by atoms with E-state index < -0.39 is 0 Å². The molecule has 1 amide bonds. The maximum absolute atomic E-state index is 12.6. The molecule has 3 rings (SSSR count). The Morgan fingerprint density at radius 1 is 1.30 bits per heavy atom. The fraction of sp³-hybridized carbons (Fsp3) is 0.235. The Morgan fingerprint density at radius 2 is 2.13 bits per heavy atom. The molecule has 6 nitrogen and oxygen atoms in total. The van der Waals surface area contributed by atoms with E-state index in [4.69, 9.17) is 4.74 Å². The van der Waals surface area contributed by atoms with Gasteiger partial charge in [0.15, 0.2) is 0 Å². The minimum atomic E-state index is -0.271. The van der Waals surface area contributed by atoms with Crippen LogP contribution in [0.5, 0.6) is 5.75 Å². The molecule has 0 fully saturated rings. The fourth-order valence-electron chi connectivity index (χ4n) is 2.28. The molecule has 0 saturated heterocycles. The normalized spacial score (nSPS) is 11.0. The maximum Gasteiger partial charge on any atom is 0.262 e. The first-order valence-electron chi connectivity index (χ1n) is 7.41. The Labute approximate surface area is 134 Å². The molecule has 1 N–H and O–H groups in total. The first-order valence-corrected chi connectivity index (χ1v) is 7.41. The third kappa shape index (κ3) is 3.31. The summed E-state index contributed by atoms with van der Waals surface area (Å²) in [6.45, 7) is 5.74. The number of fused-ring (bicyclic) bond motifs is 1. The molecule has 0 radical (unpaired) electrons. The van der Waals surface area contributed by atoms with Crippen LogP contribution in [0.25, 0.3) is 5.65 Å². The number of ether oxygens (including phenoxy) is 1. The summed E-state index contributed by atoms with van der Waals surface area (Å²) < 4.78 is 7.60. The van der Waals surface area contributed by atoms with Gasteiger partial charge in [-0.15, -0.1) is 0 Å². The number of aryl methyl sites for hydroxylation is 1. The summed E-state index contributed by atoms with van der Waals surface area (Å²) in [6.07, 6.45) is 5.18. The van der Waals surface area contributed by atoms with Crippen molar-refractivity contribution < 1.29 is 9.53 Å². The van der Waals surface area contributed by atoms with Crippen LogP contribution < -0.4 is 10.1 Å². The summed E-state index contributed by atoms with van der Waals surface area (Å²) in [6, 6.07) is 7.13. The Bertz CT molecular complexity index is 840. The van der Waals surface area contributed by atoms with E-state index in [2.05, 4.69) is 15.3 Å². The summed E-state index contributed by atoms with van der Waals surface area (Å²) in [5.74, 6) is 0.731. The van der Waals surface area contributed by atoms with Crippen molar-refractivity contribution in [3.63, 3.8) is 0 Å². The first kappa shape index (κ1) is 15.0. The van der Waals surface area contributed by atoms with Gasteiger partial charge in [0.25, 0.3) is 5.91 Å². The van der Waals surface area contributed by atoms with E-state index in [-0.39, 0.29) is 12.0 Å². The highest BCUT2D eigenvalue weighted by Gasteiger charge is 2.17. The van der Waals surface area contributed by atoms with Gasteiger partial charge < -0.3 is 14.5 Å². The lowest BCUT2D eigenvalue weighted by Crippen LogP contribution is -2.17. The number of hydrogen-bond donors (Lipinski definition) is 1. The molecule has 23 heavy (non-hydrogen) atoms. The standard InChI is InChI=1S/C17H18N4O2/c1-11(2)23-14-8-16-19-12(3)9-21(16)10-13(14)17(22)20-15-6-4-5-7-18-15/h4-11H,1-3H3,(H,18,20,22). The van der Waals surface area contributed by atoms with Gasteiger partial charge in [-0.2, -0.15) is 0 Å². The smallest absolute Gasteiger partial charge is 0.262 e. The predicted octanol–water partition coefficient (Wildman–Crippen LogP) is 3.08. The quantitative estimate of drug-likeness (QED) is 0.804. The van der Waals surface area contributed by atoms with Crippen LogP contribution in [-0.4, -0.2) is 26.4 Å². The molecule has 118 valence electrons. The number of carbonyl (C=O) groups excluding carboxylic acids is 1. The molecular formula is C17H18N4O2. The van der Waals surface area contributed by atoms with Crippen LogP contribution in [0, 0.1) is 6.92 Å². The van der Waals surface area contributed by atoms with Gasteiger partial charge in [-0.05, 0) is 32.9 Å². The molecule has 3 heterocycles. The summed E-state index contributed by atoms with van der Waals surface area (Å²) in [5, 5.41) is 2.78. The van der Waals surface area contributed by atoms with Crippen LogP contribution in [-0.2, 0) is 0 Å². The number of nitrogens with one attached hydrogen (secondary N) is 1. The first-order chi connectivity index (χ1) is 11.0. The van der Waals surface area contributed by atoms with Crippen molar-refractivity contribution in [3.05, 3.63) is 54.1 Å². The molecule has 0 aliphatic rings. The van der Waals surface area contributed by atoms with E-state index in [1.54, 1.807) is 30.6 Å². The summed E-state index contributed by atoms with van der Waals surface area (Å²) >= 11 is 0. The highest BCUT2D eigenvalue weighted by molar-refractivity contribution is 6.05. The number of imidazole rings is 1. The molecule has 3 aromatic rings. The van der Waals surface area contributed by atoms with Crippen molar-refractivity contribution in [1.82, 2.24) is 14.4 Å². The topological polar surface area (TPSA) is 68.5 Å². The zero-order valence-corrected chi connectivity index (χ0v) is 13.3. The van der Waals surface area contributed by atoms with Crippen molar-refractivity contribution in [2.75, 3.05) is 5.32 Å². The van der Waals surface area contributed by atoms with E-state index in [9.17, 15) is 4.79 Å². The SMILES string of the molecule is Cc1cn2cc(C(=O)Nc3ccccn3)c(OC(C)C)cc2n1. The third-order valence-corrected chi connectivity index (χ3v) is 3.19. The number of aromatic nitrogens is 3. The lowest BCUT2D eigenvalue weighted by Gasteiger charge is -2.14. The van der Waals surface area contributed by atoms with Gasteiger partial charge >= 0.3 is 0 Å². The second-order valence-corrected chi connectivity index (χ2v) is 5.53. The Kier molecular flexibility index (Phi) is 3.97. The van der Waals surface area contributed by atoms with Gasteiger partial charge in [-0.25, -0.2) is 9.97 Å². The van der Waals surface area contributed by atoms with Crippen molar-refractivity contribution in [1.29, 1.82) is 0 Å². The minimum Gasteiger partial charge on any atom is -0.490 e. The van der Waals surface area contributed by atoms with Gasteiger partial charge in [0, 0.05) is 24.7 Å². The average Bonchev–Trinajstić information content (AvgIpc) is 2.86. The molecule has 3 aromatic heterocycles. The van der Waals surface area contributed by atoms with E-state index >= 15 is 0 Å². The second-order valence-electron chi connectivity index (χ2n) is 5.53. The average molecular weight is 310 g/mol. The summed E-state index contributed by atoms with van der Waals surface area (Å²) in [5.41, 5.74) is 2.06. The van der Waals surface area contributed by atoms with Crippen molar-refractivity contribution in [3.8, 4) is 5.75 Å². The van der Waals surface area contributed by atoms with Crippen molar-refractivity contribution >= 4 is 17.4 Å². The summed E-state index contributed by atoms with van der Waals surface area (Å²) in [4.78, 5) is 21.1. The molecule has 0 atom stereocenters. The number of nitrogens with zero attached hydrogens (tertiary/aromatic N) is 3. The van der Waals surface area contributed by atoms with Gasteiger partial charge in [-0.3, -0.25) is 4.79 Å². The van der Waals surface area contributed by atoms with E-state index in [1.807, 2.05) is 37.4 Å². The Morgan fingerprint density at radius 3 is 2.83 bits per heavy atom. The molecule has 6 heteroatoms. The van der Waals surface area contributed by atoms with Crippen LogP contribution >= 0.6 is 0 Å². The Balaban J connectivity index is 2.00. The molecule has 0 bridgehead atoms. The van der Waals surface area contributed by atoms with Gasteiger partial charge in [0.1, 0.15) is 17.2 Å². The molecule has 0 aromatic carbocycles. The van der Waals surface area contributed by atoms with E-state index in [0.717, 1.165) is 11.3 Å². The number of carbonyl (C=O) groups is 1. The molecule has 0 spiro atoms. The number of anilines is 1. The van der Waals surface area contributed by atoms with Crippen molar-refractivity contribution in [2.45, 2.75) is 26.9 Å². The van der Waals surface area contributed by atoms with Gasteiger partial charge in [-0.1, -0.05) is 6.07 Å². The zero-order valence-electron chi connectivity index (χ0n) is 13.3. The van der Waals surface area contributed by atoms with E-state index in [0.29, 0.717) is 17.1 Å². The van der Waals surface area contributed by atoms with Gasteiger partial charge in [0.05, 0.1) is 17.4 Å². The number of rotatable bonds is 4. The molecule has 0 aliphatic heterocycles. The number of hydrogen-bond acceptors (Lipinski definition) is 4. The molecule has 0 aliphatic carbocycles. The second kappa shape index (κ2) is 6.08. The molecule has 0 unspecified atom stereocenters. The van der Waals surface area contributed by atoms with Crippen LogP contribution in [0.4, 0.5) is 5.82 Å². The van der Waals surface area contributed by atoms with Crippen molar-refractivity contribution in [2.24, 2.45) is 0 Å².